The van der Waals surface area contributed by atoms with Gasteiger partial charge < -0.3 is 4.57 Å². The molecule has 1 atom stereocenters. The van der Waals surface area contributed by atoms with Crippen LogP contribution in [0, 0.1) is 4.91 Å². The van der Waals surface area contributed by atoms with Crippen LogP contribution in [0.1, 0.15) is 12.0 Å². The van der Waals surface area contributed by atoms with E-state index in [0.717, 1.165) is 29.3 Å². The van der Waals surface area contributed by atoms with Gasteiger partial charge in [-0.25, -0.2) is 15.4 Å². The summed E-state index contributed by atoms with van der Waals surface area (Å²) in [5.41, 5.74) is 1.27. The third-order valence-electron chi connectivity index (χ3n) is 3.85. The Bertz CT molecular complexity index is 885. The van der Waals surface area contributed by atoms with Crippen LogP contribution in [0.2, 0.25) is 15.1 Å². The van der Waals surface area contributed by atoms with E-state index in [1.807, 2.05) is 42.9 Å². The van der Waals surface area contributed by atoms with Gasteiger partial charge in [-0.1, -0.05) is 53.0 Å². The van der Waals surface area contributed by atoms with Crippen LogP contribution in [-0.4, -0.2) is 30.3 Å². The highest BCUT2D eigenvalue weighted by Gasteiger charge is 2.16. The lowest BCUT2D eigenvalue weighted by molar-refractivity contribution is -0.969. The van der Waals surface area contributed by atoms with Crippen LogP contribution in [0.5, 0.6) is 0 Å². The lowest BCUT2D eigenvalue weighted by atomic mass is 10.1. The van der Waals surface area contributed by atoms with Gasteiger partial charge in [-0.05, 0) is 42.7 Å². The molecule has 2 N–H and O–H groups in total. The monoisotopic (exact) mass is 474 g/mol. The molecule has 1 heterocycles. The normalized spacial score (nSPS) is 11.4. The minimum atomic E-state index is -1.25. The molecule has 0 radical (unpaired) electrons. The van der Waals surface area contributed by atoms with Gasteiger partial charge in [0.25, 0.3) is 0 Å². The number of rotatable bonds is 7. The number of nitrogens with zero attached hydrogens (tertiary/aromatic N) is 3. The summed E-state index contributed by atoms with van der Waals surface area (Å²) in [6.07, 6.45) is 7.56. The molecule has 0 saturated heterocycles. The van der Waals surface area contributed by atoms with Crippen molar-refractivity contribution in [3.63, 3.8) is 0 Å². The minimum Gasteiger partial charge on any atom is -0.336 e. The van der Waals surface area contributed by atoms with E-state index in [1.54, 1.807) is 18.0 Å². The topological polar surface area (TPSA) is 78.4 Å². The first-order chi connectivity index (χ1) is 13.8. The van der Waals surface area contributed by atoms with Crippen LogP contribution in [0.3, 0.4) is 0 Å². The van der Waals surface area contributed by atoms with E-state index in [2.05, 4.69) is 21.7 Å². The van der Waals surface area contributed by atoms with Crippen molar-refractivity contribution < 1.29 is 15.5 Å². The first kappa shape index (κ1) is 23.3. The summed E-state index contributed by atoms with van der Waals surface area (Å²) in [6.45, 7) is 0.847. The van der Waals surface area contributed by atoms with Crippen LogP contribution < -0.4 is 0 Å². The number of halogens is 3. The SMILES string of the molecule is Clc1ccc(CCC(Cn2ccnc2)Sc2c(Cl)cccc2Cl)cc1.O=[N+](O)O. The van der Waals surface area contributed by atoms with E-state index in [4.69, 9.17) is 50.1 Å². The van der Waals surface area contributed by atoms with Crippen molar-refractivity contribution in [2.75, 3.05) is 0 Å². The Labute approximate surface area is 187 Å². The molecule has 0 bridgehead atoms. The average molecular weight is 476 g/mol. The number of hydrogen-bond donors (Lipinski definition) is 2. The lowest BCUT2D eigenvalue weighted by Crippen LogP contribution is -2.13. The molecule has 0 amide bonds. The summed E-state index contributed by atoms with van der Waals surface area (Å²) in [5, 5.41) is 15.0. The molecule has 29 heavy (non-hydrogen) atoms. The largest absolute Gasteiger partial charge is 0.472 e. The van der Waals surface area contributed by atoms with Crippen LogP contribution in [0.4, 0.5) is 0 Å². The van der Waals surface area contributed by atoms with E-state index in [1.165, 1.54) is 5.56 Å². The Morgan fingerprint density at radius 3 is 2.24 bits per heavy atom. The third-order valence-corrected chi connectivity index (χ3v) is 6.35. The maximum absolute atomic E-state index is 8.47. The molecule has 0 spiro atoms. The summed E-state index contributed by atoms with van der Waals surface area (Å²) in [7, 11) is 0. The smallest absolute Gasteiger partial charge is 0.336 e. The zero-order valence-electron chi connectivity index (χ0n) is 15.2. The molecule has 154 valence electrons. The van der Waals surface area contributed by atoms with Crippen molar-refractivity contribution in [2.45, 2.75) is 29.5 Å². The standard InChI is InChI=1S/C19H17Cl3N2S.H2NO3/c20-15-7-4-14(5-8-15)6-9-16(12-24-11-10-23-13-24)25-19-17(21)2-1-3-18(19)22;2-1(3)4/h1-5,7-8,10-11,13,16H,6,9,12H2;(H2,2,3,4)/q;+1. The second-order valence-electron chi connectivity index (χ2n) is 5.97. The molecule has 10 heteroatoms. The lowest BCUT2D eigenvalue weighted by Gasteiger charge is -2.19. The highest BCUT2D eigenvalue weighted by atomic mass is 35.5. The van der Waals surface area contributed by atoms with Crippen LogP contribution >= 0.6 is 46.6 Å². The van der Waals surface area contributed by atoms with Crippen molar-refractivity contribution in [3.05, 3.63) is 86.7 Å². The fourth-order valence-corrected chi connectivity index (χ4v) is 4.53. The van der Waals surface area contributed by atoms with E-state index < -0.39 is 5.09 Å². The van der Waals surface area contributed by atoms with Crippen LogP contribution in [0.25, 0.3) is 0 Å². The van der Waals surface area contributed by atoms with Gasteiger partial charge in [-0.2, -0.15) is 0 Å². The predicted octanol–water partition coefficient (Wildman–Crippen LogP) is 6.18. The van der Waals surface area contributed by atoms with E-state index in [9.17, 15) is 0 Å². The van der Waals surface area contributed by atoms with Crippen molar-refractivity contribution in [1.29, 1.82) is 0 Å². The number of thioether (sulfide) groups is 1. The summed E-state index contributed by atoms with van der Waals surface area (Å²) >= 11 is 20.4. The van der Waals surface area contributed by atoms with Crippen molar-refractivity contribution in [1.82, 2.24) is 9.55 Å². The zero-order chi connectivity index (χ0) is 21.2. The minimum absolute atomic E-state index is 0.322. The zero-order valence-corrected chi connectivity index (χ0v) is 18.2. The Kier molecular flexibility index (Phi) is 9.60. The Morgan fingerprint density at radius 2 is 1.69 bits per heavy atom. The summed E-state index contributed by atoms with van der Waals surface area (Å²) in [5.74, 6) is 0. The highest BCUT2D eigenvalue weighted by molar-refractivity contribution is 8.00. The summed E-state index contributed by atoms with van der Waals surface area (Å²) in [6, 6.07) is 13.6. The molecule has 1 aromatic heterocycles. The molecule has 2 aromatic carbocycles. The number of aromatic nitrogens is 2. The Balaban J connectivity index is 0.000000687. The third kappa shape index (κ3) is 8.53. The maximum Gasteiger partial charge on any atom is 0.472 e. The van der Waals surface area contributed by atoms with Gasteiger partial charge in [0.2, 0.25) is 0 Å². The van der Waals surface area contributed by atoms with Crippen LogP contribution in [-0.2, 0) is 13.0 Å². The van der Waals surface area contributed by atoms with Crippen molar-refractivity contribution in [2.24, 2.45) is 0 Å². The molecular weight excluding hydrogens is 457 g/mol. The van der Waals surface area contributed by atoms with E-state index >= 15 is 0 Å². The van der Waals surface area contributed by atoms with Crippen LogP contribution in [0.15, 0.2) is 66.1 Å². The molecule has 3 aromatic rings. The second kappa shape index (κ2) is 11.9. The van der Waals surface area contributed by atoms with Gasteiger partial charge in [-0.15, -0.1) is 11.8 Å². The number of aryl methyl sites for hydroxylation is 1. The van der Waals surface area contributed by atoms with E-state index in [0.29, 0.717) is 15.3 Å². The predicted molar refractivity (Wildman–Crippen MR) is 115 cm³/mol. The fourth-order valence-electron chi connectivity index (χ4n) is 2.56. The molecule has 0 aliphatic carbocycles. The molecule has 0 aliphatic heterocycles. The molecule has 0 saturated carbocycles. The number of hydrogen-bond acceptors (Lipinski definition) is 3. The maximum atomic E-state index is 8.47. The van der Waals surface area contributed by atoms with Crippen molar-refractivity contribution >= 4 is 46.6 Å². The molecule has 1 unspecified atom stereocenters. The van der Waals surface area contributed by atoms with Gasteiger partial charge in [0.05, 0.1) is 16.4 Å². The molecule has 3 rings (SSSR count). The summed E-state index contributed by atoms with van der Waals surface area (Å²) in [4.78, 5) is 13.5. The molecule has 6 nitrogen and oxygen atoms in total. The first-order valence-corrected chi connectivity index (χ1v) is 10.5. The number of imidazole rings is 1. The van der Waals surface area contributed by atoms with Gasteiger partial charge in [-0.3, -0.25) is 0 Å². The average Bonchev–Trinajstić information content (AvgIpc) is 3.16. The van der Waals surface area contributed by atoms with E-state index in [-0.39, 0.29) is 0 Å². The Morgan fingerprint density at radius 1 is 1.07 bits per heavy atom. The molecule has 0 fully saturated rings. The highest BCUT2D eigenvalue weighted by Crippen LogP contribution is 2.38. The number of benzene rings is 2. The van der Waals surface area contributed by atoms with Gasteiger partial charge >= 0.3 is 5.09 Å². The quantitative estimate of drug-likeness (QED) is 0.315. The fraction of sp³-hybridized carbons (Fsp3) is 0.211. The summed E-state index contributed by atoms with van der Waals surface area (Å²) < 4.78 is 2.09. The van der Waals surface area contributed by atoms with Gasteiger partial charge in [0.15, 0.2) is 0 Å². The molecular formula is C19H19Cl3N3O3S+. The van der Waals surface area contributed by atoms with Crippen molar-refractivity contribution in [3.8, 4) is 0 Å². The van der Waals surface area contributed by atoms with Gasteiger partial charge in [0, 0.05) is 34.1 Å². The molecule has 0 aliphatic rings. The van der Waals surface area contributed by atoms with Gasteiger partial charge in [0.1, 0.15) is 4.91 Å². The Hall–Kier alpha value is -1.93. The first-order valence-electron chi connectivity index (χ1n) is 8.51. The second-order valence-corrected chi connectivity index (χ2v) is 8.53.